The van der Waals surface area contributed by atoms with Crippen LogP contribution in [0.1, 0.15) is 30.2 Å². The van der Waals surface area contributed by atoms with E-state index in [0.29, 0.717) is 48.0 Å². The fraction of sp³-hybridized carbons (Fsp3) is 0.417. The first-order valence-electron chi connectivity index (χ1n) is 11.6. The number of hydrogen-bond acceptors (Lipinski definition) is 7. The molecule has 2 aliphatic rings. The third-order valence-corrected chi connectivity index (χ3v) is 8.40. The largest absolute Gasteiger partial charge is 0.376 e. The number of rotatable bonds is 6. The molecule has 0 radical (unpaired) electrons. The van der Waals surface area contributed by atoms with Gasteiger partial charge in [-0.05, 0) is 37.0 Å². The van der Waals surface area contributed by atoms with E-state index in [2.05, 4.69) is 5.32 Å². The molecular weight excluding hydrogens is 510 g/mol. The summed E-state index contributed by atoms with van der Waals surface area (Å²) >= 11 is 2.50. The van der Waals surface area contributed by atoms with E-state index in [9.17, 15) is 23.2 Å². The van der Waals surface area contributed by atoms with Crippen molar-refractivity contribution in [2.75, 3.05) is 24.2 Å². The van der Waals surface area contributed by atoms with Crippen LogP contribution in [0.4, 0.5) is 14.5 Å². The second kappa shape index (κ2) is 10.3. The number of halogens is 2. The molecule has 2 aliphatic heterocycles. The summed E-state index contributed by atoms with van der Waals surface area (Å²) in [5, 5.41) is 3.51. The smallest absolute Gasteiger partial charge is 0.263 e. The van der Waals surface area contributed by atoms with E-state index in [1.54, 1.807) is 9.47 Å². The first-order chi connectivity index (χ1) is 17.3. The molecular formula is C24H24F2N4O4S2. The van der Waals surface area contributed by atoms with Crippen LogP contribution in [0, 0.1) is 11.6 Å². The van der Waals surface area contributed by atoms with Crippen LogP contribution in [0.3, 0.4) is 0 Å². The van der Waals surface area contributed by atoms with Crippen LogP contribution in [-0.4, -0.2) is 51.3 Å². The Labute approximate surface area is 213 Å². The van der Waals surface area contributed by atoms with Crippen molar-refractivity contribution in [2.45, 2.75) is 50.5 Å². The minimum Gasteiger partial charge on any atom is -0.376 e. The molecule has 190 valence electrons. The summed E-state index contributed by atoms with van der Waals surface area (Å²) in [5.74, 6) is -2.58. The lowest BCUT2D eigenvalue weighted by Crippen LogP contribution is -2.34. The molecule has 0 saturated carbocycles. The van der Waals surface area contributed by atoms with Crippen molar-refractivity contribution in [2.24, 2.45) is 0 Å². The maximum atomic E-state index is 13.7. The molecule has 4 heterocycles. The monoisotopic (exact) mass is 534 g/mol. The average molecular weight is 535 g/mol. The molecule has 0 bridgehead atoms. The Morgan fingerprint density at radius 2 is 2.14 bits per heavy atom. The minimum absolute atomic E-state index is 0.00912. The van der Waals surface area contributed by atoms with Gasteiger partial charge in [0.2, 0.25) is 11.8 Å². The molecule has 1 saturated heterocycles. The quantitative estimate of drug-likeness (QED) is 0.384. The number of fused-ring (bicyclic) bond motifs is 3. The van der Waals surface area contributed by atoms with Crippen LogP contribution in [0.25, 0.3) is 10.2 Å². The molecule has 12 heteroatoms. The zero-order valence-corrected chi connectivity index (χ0v) is 21.1. The summed E-state index contributed by atoms with van der Waals surface area (Å²) in [6.45, 7) is 3.52. The second-order valence-electron chi connectivity index (χ2n) is 8.79. The molecule has 1 atom stereocenters. The number of aromatic nitrogens is 2. The number of anilines is 1. The standard InChI is InChI=1S/C24H24F2N4O4S2/c1-13(31)29-7-6-16-19(11-29)36-22-21(16)23(33)30(10-15-3-2-8-34-15)24(28-22)35-12-20(32)27-14-4-5-17(25)18(26)9-14/h4-5,9,15H,2-3,6-8,10-12H2,1H3,(H,27,32)/t15-/m1/s1. The molecule has 2 aromatic heterocycles. The molecule has 2 amide bonds. The van der Waals surface area contributed by atoms with Gasteiger partial charge in [0.25, 0.3) is 5.56 Å². The van der Waals surface area contributed by atoms with Crippen LogP contribution < -0.4 is 10.9 Å². The number of ether oxygens (including phenoxy) is 1. The van der Waals surface area contributed by atoms with Gasteiger partial charge in [-0.3, -0.25) is 19.0 Å². The van der Waals surface area contributed by atoms with Crippen molar-refractivity contribution in [1.82, 2.24) is 14.5 Å². The zero-order valence-electron chi connectivity index (χ0n) is 19.5. The van der Waals surface area contributed by atoms with E-state index in [4.69, 9.17) is 9.72 Å². The van der Waals surface area contributed by atoms with Gasteiger partial charge in [-0.1, -0.05) is 11.8 Å². The molecule has 8 nitrogen and oxygen atoms in total. The van der Waals surface area contributed by atoms with E-state index in [1.165, 1.54) is 24.3 Å². The molecule has 36 heavy (non-hydrogen) atoms. The predicted octanol–water partition coefficient (Wildman–Crippen LogP) is 3.55. The molecule has 1 fully saturated rings. The van der Waals surface area contributed by atoms with Gasteiger partial charge in [0, 0.05) is 36.7 Å². The number of hydrogen-bond donors (Lipinski definition) is 1. The Balaban J connectivity index is 1.43. The summed E-state index contributed by atoms with van der Waals surface area (Å²) in [5.41, 5.74) is 0.909. The highest BCUT2D eigenvalue weighted by atomic mass is 32.2. The van der Waals surface area contributed by atoms with Gasteiger partial charge in [-0.15, -0.1) is 11.3 Å². The number of thiophene rings is 1. The summed E-state index contributed by atoms with van der Waals surface area (Å²) in [6.07, 6.45) is 2.23. The predicted molar refractivity (Wildman–Crippen MR) is 133 cm³/mol. The highest BCUT2D eigenvalue weighted by Crippen LogP contribution is 2.34. The van der Waals surface area contributed by atoms with Gasteiger partial charge in [-0.2, -0.15) is 0 Å². The average Bonchev–Trinajstić information content (AvgIpc) is 3.49. The number of nitrogens with zero attached hydrogens (tertiary/aromatic N) is 3. The van der Waals surface area contributed by atoms with Crippen LogP contribution in [-0.2, 0) is 33.8 Å². The van der Waals surface area contributed by atoms with Gasteiger partial charge < -0.3 is 15.0 Å². The van der Waals surface area contributed by atoms with Crippen molar-refractivity contribution >= 4 is 50.8 Å². The number of benzene rings is 1. The van der Waals surface area contributed by atoms with Crippen molar-refractivity contribution in [3.8, 4) is 0 Å². The number of amides is 2. The highest BCUT2D eigenvalue weighted by Gasteiger charge is 2.27. The van der Waals surface area contributed by atoms with E-state index >= 15 is 0 Å². The molecule has 1 N–H and O–H groups in total. The van der Waals surface area contributed by atoms with Gasteiger partial charge >= 0.3 is 0 Å². The molecule has 0 aliphatic carbocycles. The first kappa shape index (κ1) is 24.8. The minimum atomic E-state index is -1.05. The Morgan fingerprint density at radius 1 is 1.31 bits per heavy atom. The molecule has 5 rings (SSSR count). The lowest BCUT2D eigenvalue weighted by molar-refractivity contribution is -0.129. The van der Waals surface area contributed by atoms with Crippen molar-refractivity contribution in [3.05, 3.63) is 50.6 Å². The van der Waals surface area contributed by atoms with E-state index in [0.717, 1.165) is 47.2 Å². The lowest BCUT2D eigenvalue weighted by Gasteiger charge is -2.25. The van der Waals surface area contributed by atoms with Crippen LogP contribution in [0.5, 0.6) is 0 Å². The Kier molecular flexibility index (Phi) is 7.09. The molecule has 3 aromatic rings. The Bertz CT molecular complexity index is 1400. The summed E-state index contributed by atoms with van der Waals surface area (Å²) in [7, 11) is 0. The first-order valence-corrected chi connectivity index (χ1v) is 13.4. The normalized spacial score (nSPS) is 17.4. The SMILES string of the molecule is CC(=O)N1CCc2c(sc3nc(SCC(=O)Nc4ccc(F)c(F)c4)n(C[C@H]4CCCO4)c(=O)c23)C1. The topological polar surface area (TPSA) is 93.5 Å². The lowest BCUT2D eigenvalue weighted by atomic mass is 10.1. The van der Waals surface area contributed by atoms with Crippen LogP contribution in [0.2, 0.25) is 0 Å². The maximum Gasteiger partial charge on any atom is 0.263 e. The number of carbonyl (C=O) groups is 2. The summed E-state index contributed by atoms with van der Waals surface area (Å²) < 4.78 is 34.0. The van der Waals surface area contributed by atoms with E-state index < -0.39 is 17.5 Å². The van der Waals surface area contributed by atoms with Crippen LogP contribution in [0.15, 0.2) is 28.2 Å². The van der Waals surface area contributed by atoms with Gasteiger partial charge in [-0.25, -0.2) is 13.8 Å². The van der Waals surface area contributed by atoms with E-state index in [-0.39, 0.29) is 29.0 Å². The molecule has 0 unspecified atom stereocenters. The van der Waals surface area contributed by atoms with E-state index in [1.807, 2.05) is 0 Å². The van der Waals surface area contributed by atoms with Crippen LogP contribution >= 0.6 is 23.1 Å². The van der Waals surface area contributed by atoms with Gasteiger partial charge in [0.05, 0.1) is 30.3 Å². The molecule has 1 aromatic carbocycles. The van der Waals surface area contributed by atoms with Gasteiger partial charge in [0.1, 0.15) is 4.83 Å². The third-order valence-electron chi connectivity index (χ3n) is 6.32. The number of carbonyl (C=O) groups excluding carboxylic acids is 2. The number of thioether (sulfide) groups is 1. The van der Waals surface area contributed by atoms with Crippen molar-refractivity contribution in [1.29, 1.82) is 0 Å². The van der Waals surface area contributed by atoms with Crippen molar-refractivity contribution in [3.63, 3.8) is 0 Å². The second-order valence-corrected chi connectivity index (χ2v) is 10.8. The number of nitrogens with one attached hydrogen (secondary N) is 1. The van der Waals surface area contributed by atoms with Gasteiger partial charge in [0.15, 0.2) is 16.8 Å². The Morgan fingerprint density at radius 3 is 2.86 bits per heavy atom. The maximum absolute atomic E-state index is 13.7. The van der Waals surface area contributed by atoms with Crippen molar-refractivity contribution < 1.29 is 23.1 Å². The summed E-state index contributed by atoms with van der Waals surface area (Å²) in [4.78, 5) is 46.1. The third kappa shape index (κ3) is 5.02. The fourth-order valence-corrected chi connectivity index (χ4v) is 6.58. The summed E-state index contributed by atoms with van der Waals surface area (Å²) in [6, 6.07) is 3.13. The highest BCUT2D eigenvalue weighted by molar-refractivity contribution is 7.99. The zero-order chi connectivity index (χ0) is 25.4. The fourth-order valence-electron chi connectivity index (χ4n) is 4.49. The Hall–Kier alpha value is -2.83. The molecule has 0 spiro atoms.